The summed E-state index contributed by atoms with van der Waals surface area (Å²) in [5.74, 6) is -7.07. The average molecular weight is 912 g/mol. The summed E-state index contributed by atoms with van der Waals surface area (Å²) in [6, 6.07) is -1.11. The van der Waals surface area contributed by atoms with E-state index in [2.05, 4.69) is 6.92 Å². The summed E-state index contributed by atoms with van der Waals surface area (Å²) in [5.41, 5.74) is 1.30. The smallest absolute Gasteiger partial charge is 0.329 e. The number of Topliss-reactive ketones (excluding diaryl/α,β-unsaturated/α-hetero) is 3. The third-order valence-electron chi connectivity index (χ3n) is 14.8. The first-order valence-electron chi connectivity index (χ1n) is 24.2. The quantitative estimate of drug-likeness (QED) is 0.153. The zero-order valence-electron chi connectivity index (χ0n) is 41.2. The fraction of sp³-hybridized carbons (Fsp3) is 0.750. The van der Waals surface area contributed by atoms with E-state index in [4.69, 9.17) is 23.7 Å². The lowest BCUT2D eigenvalue weighted by Crippen LogP contribution is -2.61. The van der Waals surface area contributed by atoms with Crippen LogP contribution in [0.15, 0.2) is 47.6 Å². The Bertz CT molecular complexity index is 1750. The summed E-state index contributed by atoms with van der Waals surface area (Å²) in [6.07, 6.45) is 13.6. The molecule has 4 unspecified atom stereocenters. The monoisotopic (exact) mass is 912 g/mol. The maximum Gasteiger partial charge on any atom is 0.329 e. The van der Waals surface area contributed by atoms with Gasteiger partial charge >= 0.3 is 5.97 Å². The van der Waals surface area contributed by atoms with Crippen LogP contribution in [-0.2, 0) is 47.7 Å². The zero-order valence-corrected chi connectivity index (χ0v) is 41.2. The van der Waals surface area contributed by atoms with E-state index in [1.807, 2.05) is 58.1 Å². The summed E-state index contributed by atoms with van der Waals surface area (Å²) < 4.78 is 29.7. The molecule has 2 N–H and O–H groups in total. The van der Waals surface area contributed by atoms with Crippen LogP contribution in [0.25, 0.3) is 0 Å². The van der Waals surface area contributed by atoms with Gasteiger partial charge < -0.3 is 38.8 Å². The lowest BCUT2D eigenvalue weighted by atomic mass is 9.76. The number of methoxy groups -OCH3 is 3. The minimum atomic E-state index is -2.41. The molecule has 3 aliphatic heterocycles. The Morgan fingerprint density at radius 2 is 1.57 bits per heavy atom. The third-order valence-corrected chi connectivity index (χ3v) is 14.8. The predicted octanol–water partition coefficient (Wildman–Crippen LogP) is 7.46. The van der Waals surface area contributed by atoms with E-state index in [9.17, 15) is 34.2 Å². The number of rotatable bonds is 6. The highest BCUT2D eigenvalue weighted by atomic mass is 16.6. The number of aliphatic hydroxyl groups excluding tert-OH is 1. The number of nitrogens with zero attached hydrogens (tertiary/aromatic N) is 1. The van der Waals surface area contributed by atoms with Crippen LogP contribution >= 0.6 is 0 Å². The van der Waals surface area contributed by atoms with Crippen molar-refractivity contribution < 1.29 is 57.9 Å². The number of cyclic esters (lactones) is 1. The first-order valence-corrected chi connectivity index (χ1v) is 24.2. The molecular weight excluding hydrogens is 831 g/mol. The maximum atomic E-state index is 14.4. The van der Waals surface area contributed by atoms with Gasteiger partial charge in [0.05, 0.1) is 18.3 Å². The summed E-state index contributed by atoms with van der Waals surface area (Å²) in [6.45, 7) is 15.1. The molecule has 0 aromatic heterocycles. The lowest BCUT2D eigenvalue weighted by Gasteiger charge is -2.42. The molecule has 65 heavy (non-hydrogen) atoms. The van der Waals surface area contributed by atoms with Crippen molar-refractivity contribution >= 4 is 29.2 Å². The van der Waals surface area contributed by atoms with E-state index in [-0.39, 0.29) is 54.8 Å². The molecule has 1 saturated carbocycles. The highest BCUT2D eigenvalue weighted by molar-refractivity contribution is 6.39. The number of ether oxygens (including phenoxy) is 5. The summed E-state index contributed by atoms with van der Waals surface area (Å²) in [5, 5.41) is 23.4. The minimum absolute atomic E-state index is 0.0304. The van der Waals surface area contributed by atoms with Gasteiger partial charge in [0.1, 0.15) is 30.1 Å². The summed E-state index contributed by atoms with van der Waals surface area (Å²) in [7, 11) is 4.70. The Labute approximate surface area is 388 Å². The van der Waals surface area contributed by atoms with Crippen molar-refractivity contribution in [2.75, 3.05) is 27.9 Å². The van der Waals surface area contributed by atoms with Gasteiger partial charge in [-0.1, -0.05) is 78.0 Å². The second-order valence-corrected chi connectivity index (χ2v) is 20.0. The number of hydrogen-bond acceptors (Lipinski definition) is 12. The molecule has 366 valence electrons. The van der Waals surface area contributed by atoms with Crippen LogP contribution in [0.3, 0.4) is 0 Å². The van der Waals surface area contributed by atoms with Gasteiger partial charge in [0.15, 0.2) is 5.78 Å². The van der Waals surface area contributed by atoms with Crippen molar-refractivity contribution in [3.8, 4) is 0 Å². The number of aliphatic hydroxyl groups is 2. The molecule has 15 atom stereocenters. The van der Waals surface area contributed by atoms with E-state index >= 15 is 0 Å². The number of fused-ring (bicyclic) bond motifs is 3. The van der Waals surface area contributed by atoms with Gasteiger partial charge in [0, 0.05) is 58.5 Å². The minimum Gasteiger partial charge on any atom is -0.460 e. The normalized spacial score (nSPS) is 40.4. The molecule has 0 radical (unpaired) electrons. The molecule has 0 spiro atoms. The van der Waals surface area contributed by atoms with Crippen molar-refractivity contribution in [3.63, 3.8) is 0 Å². The van der Waals surface area contributed by atoms with Gasteiger partial charge in [-0.3, -0.25) is 19.2 Å². The van der Waals surface area contributed by atoms with Gasteiger partial charge in [-0.15, -0.1) is 0 Å². The molecule has 2 saturated heterocycles. The molecule has 13 nitrogen and oxygen atoms in total. The molecular formula is C52H81NO12. The van der Waals surface area contributed by atoms with E-state index in [1.165, 1.54) is 12.0 Å². The predicted molar refractivity (Wildman–Crippen MR) is 248 cm³/mol. The van der Waals surface area contributed by atoms with Crippen molar-refractivity contribution in [2.45, 2.75) is 181 Å². The van der Waals surface area contributed by atoms with Crippen LogP contribution in [0.2, 0.25) is 0 Å². The number of esters is 1. The van der Waals surface area contributed by atoms with Gasteiger partial charge in [-0.05, 0) is 113 Å². The molecule has 3 heterocycles. The van der Waals surface area contributed by atoms with Gasteiger partial charge in [0.2, 0.25) is 5.79 Å². The van der Waals surface area contributed by atoms with Crippen LogP contribution in [0.4, 0.5) is 0 Å². The van der Waals surface area contributed by atoms with E-state index < -0.39 is 77.8 Å². The number of hydrogen-bond donors (Lipinski definition) is 2. The van der Waals surface area contributed by atoms with Gasteiger partial charge in [-0.25, -0.2) is 4.79 Å². The van der Waals surface area contributed by atoms with Gasteiger partial charge in [-0.2, -0.15) is 0 Å². The molecule has 3 fully saturated rings. The average Bonchev–Trinajstić information content (AvgIpc) is 3.28. The molecule has 4 rings (SSSR count). The van der Waals surface area contributed by atoms with Crippen LogP contribution in [0, 0.1) is 41.4 Å². The van der Waals surface area contributed by atoms with Crippen LogP contribution in [-0.4, -0.2) is 121 Å². The fourth-order valence-corrected chi connectivity index (χ4v) is 10.4. The topological polar surface area (TPSA) is 175 Å². The number of allylic oxidation sites excluding steroid dienone is 6. The van der Waals surface area contributed by atoms with E-state index in [0.29, 0.717) is 56.4 Å². The Morgan fingerprint density at radius 1 is 0.846 bits per heavy atom. The zero-order chi connectivity index (χ0) is 48.2. The van der Waals surface area contributed by atoms with Crippen molar-refractivity contribution in [1.29, 1.82) is 0 Å². The molecule has 4 aliphatic rings. The molecule has 13 heteroatoms. The Hall–Kier alpha value is -3.33. The summed E-state index contributed by atoms with van der Waals surface area (Å²) in [4.78, 5) is 71.9. The van der Waals surface area contributed by atoms with Crippen molar-refractivity contribution in [3.05, 3.63) is 47.6 Å². The number of piperidine rings is 1. The SMILES string of the molecule is COC1C(=O)C(C)C[C@H](C)/C=C/C=C/C=C(\C)[C@@H](OC)CC2CC[C@@H](C)[C@@](O)(O2)C(=O)C(=O)N2CCCC[C@H]2C(=O)O[C@H]([C@H](C)C[C@@H]2CCC(C)[C@H](OC)C2)CC(=O)[C@H](C)/C=C(\C)[C@H]1O. The molecule has 0 aromatic rings. The second kappa shape index (κ2) is 25.2. The standard InChI is InChI=1S/C52H81NO12/c1-31-17-13-12-14-18-32(2)44(62-10)29-40-23-21-38(8)52(60,65-40)49(57)50(58)53-24-16-15-19-41(53)51(59)64-45(35(5)27-39-22-20-33(3)43(28-39)61-9)30-42(54)34(4)26-37(7)47(56)48(63-11)46(55)36(6)25-31/h12-14,17-18,26,31,33-36,38-41,43-45,47-48,56,60H,15-16,19-25,27-30H2,1-11H3/b14-12+,17-13+,32-18+,37-26+/t31-,33?,34-,35-,36?,38-,39+,40?,41+,43-,44+,45+,47-,48?,52-/m1/s1. The summed E-state index contributed by atoms with van der Waals surface area (Å²) >= 11 is 0. The highest BCUT2D eigenvalue weighted by Gasteiger charge is 2.53. The second-order valence-electron chi connectivity index (χ2n) is 20.0. The molecule has 0 aromatic carbocycles. The molecule has 2 bridgehead atoms. The largest absolute Gasteiger partial charge is 0.460 e. The molecule has 1 aliphatic carbocycles. The number of carbonyl (C=O) groups excluding carboxylic acids is 5. The van der Waals surface area contributed by atoms with Crippen LogP contribution in [0.1, 0.15) is 132 Å². The van der Waals surface area contributed by atoms with Crippen LogP contribution in [0.5, 0.6) is 0 Å². The Balaban J connectivity index is 1.70. The number of carbonyl (C=O) groups is 5. The van der Waals surface area contributed by atoms with E-state index in [1.54, 1.807) is 41.1 Å². The highest BCUT2D eigenvalue weighted by Crippen LogP contribution is 2.38. The Morgan fingerprint density at radius 3 is 2.25 bits per heavy atom. The Kier molecular flexibility index (Phi) is 21.0. The van der Waals surface area contributed by atoms with Crippen molar-refractivity contribution in [1.82, 2.24) is 4.90 Å². The lowest BCUT2D eigenvalue weighted by molar-refractivity contribution is -0.265. The molecule has 1 amide bonds. The van der Waals surface area contributed by atoms with Crippen molar-refractivity contribution in [2.24, 2.45) is 41.4 Å². The number of amides is 1. The maximum absolute atomic E-state index is 14.4. The van der Waals surface area contributed by atoms with Gasteiger partial charge in [0.25, 0.3) is 11.7 Å². The first-order chi connectivity index (χ1) is 30.7. The fourth-order valence-electron chi connectivity index (χ4n) is 10.4. The third kappa shape index (κ3) is 14.3. The first kappa shape index (κ1) is 54.3. The van der Waals surface area contributed by atoms with Crippen LogP contribution < -0.4 is 0 Å². The number of ketones is 3. The van der Waals surface area contributed by atoms with E-state index in [0.717, 1.165) is 24.8 Å².